The number of anilines is 1. The van der Waals surface area contributed by atoms with Crippen molar-refractivity contribution in [3.63, 3.8) is 0 Å². The summed E-state index contributed by atoms with van der Waals surface area (Å²) >= 11 is 0. The molecule has 17 heavy (non-hydrogen) atoms. The van der Waals surface area contributed by atoms with Gasteiger partial charge in [-0.15, -0.1) is 0 Å². The van der Waals surface area contributed by atoms with Crippen LogP contribution in [0.3, 0.4) is 0 Å². The Morgan fingerprint density at radius 1 is 1.47 bits per heavy atom. The van der Waals surface area contributed by atoms with Crippen LogP contribution >= 0.6 is 0 Å². The zero-order chi connectivity index (χ0) is 12.4. The van der Waals surface area contributed by atoms with Crippen molar-refractivity contribution in [1.82, 2.24) is 14.8 Å². The van der Waals surface area contributed by atoms with Crippen molar-refractivity contribution in [2.75, 3.05) is 5.32 Å². The summed E-state index contributed by atoms with van der Waals surface area (Å²) in [5, 5.41) is 15.3. The smallest absolute Gasteiger partial charge is 0.306 e. The van der Waals surface area contributed by atoms with E-state index < -0.39 is 11.9 Å². The topological polar surface area (TPSA) is 97.1 Å². The third-order valence-electron chi connectivity index (χ3n) is 3.10. The maximum absolute atomic E-state index is 11.8. The van der Waals surface area contributed by atoms with E-state index in [2.05, 4.69) is 15.4 Å². The highest BCUT2D eigenvalue weighted by Gasteiger charge is 2.34. The van der Waals surface area contributed by atoms with Gasteiger partial charge in [-0.05, 0) is 19.3 Å². The summed E-state index contributed by atoms with van der Waals surface area (Å²) < 4.78 is 1.46. The molecule has 0 bridgehead atoms. The molecule has 0 aliphatic heterocycles. The minimum atomic E-state index is -0.820. The molecule has 0 spiro atoms. The van der Waals surface area contributed by atoms with E-state index in [1.807, 2.05) is 0 Å². The standard InChI is InChI=1S/C10H14N4O3/c1-14-10(11-5-12-14)13-8(15)6-2-3-7(4-6)9(16)17/h5-7H,2-4H2,1H3,(H,16,17)(H,11,12,13,15)/t6-,7+/m1/s1. The number of carboxylic acid groups (broad SMARTS) is 1. The number of aliphatic carboxylic acids is 1. The first kappa shape index (κ1) is 11.6. The van der Waals surface area contributed by atoms with Crippen molar-refractivity contribution in [2.45, 2.75) is 19.3 Å². The Morgan fingerprint density at radius 3 is 2.71 bits per heavy atom. The highest BCUT2D eigenvalue weighted by Crippen LogP contribution is 2.31. The summed E-state index contributed by atoms with van der Waals surface area (Å²) in [6.07, 6.45) is 2.93. The number of aryl methyl sites for hydroxylation is 1. The van der Waals surface area contributed by atoms with Gasteiger partial charge >= 0.3 is 5.97 Å². The van der Waals surface area contributed by atoms with E-state index >= 15 is 0 Å². The van der Waals surface area contributed by atoms with Crippen molar-refractivity contribution in [2.24, 2.45) is 18.9 Å². The molecule has 92 valence electrons. The lowest BCUT2D eigenvalue weighted by molar-refractivity contribution is -0.141. The molecule has 2 atom stereocenters. The third-order valence-corrected chi connectivity index (χ3v) is 3.10. The van der Waals surface area contributed by atoms with Crippen LogP contribution in [0.4, 0.5) is 5.95 Å². The van der Waals surface area contributed by atoms with Crippen LogP contribution in [0.5, 0.6) is 0 Å². The first-order valence-corrected chi connectivity index (χ1v) is 5.45. The van der Waals surface area contributed by atoms with Crippen LogP contribution in [0.2, 0.25) is 0 Å². The second kappa shape index (κ2) is 4.52. The lowest BCUT2D eigenvalue weighted by Gasteiger charge is -2.09. The van der Waals surface area contributed by atoms with Crippen LogP contribution in [-0.2, 0) is 16.6 Å². The second-order valence-electron chi connectivity index (χ2n) is 4.24. The molecular formula is C10H14N4O3. The molecule has 1 fully saturated rings. The van der Waals surface area contributed by atoms with Gasteiger partial charge in [-0.2, -0.15) is 10.1 Å². The van der Waals surface area contributed by atoms with E-state index in [-0.39, 0.29) is 11.8 Å². The monoisotopic (exact) mass is 238 g/mol. The molecule has 0 unspecified atom stereocenters. The maximum Gasteiger partial charge on any atom is 0.306 e. The molecule has 2 N–H and O–H groups in total. The number of amides is 1. The summed E-state index contributed by atoms with van der Waals surface area (Å²) in [5.74, 6) is -1.25. The van der Waals surface area contributed by atoms with Gasteiger partial charge in [0.05, 0.1) is 5.92 Å². The van der Waals surface area contributed by atoms with Crippen molar-refractivity contribution in [3.05, 3.63) is 6.33 Å². The van der Waals surface area contributed by atoms with Gasteiger partial charge in [0.1, 0.15) is 6.33 Å². The van der Waals surface area contributed by atoms with E-state index in [0.717, 1.165) is 0 Å². The molecule has 0 saturated heterocycles. The Balaban J connectivity index is 1.94. The summed E-state index contributed by atoms with van der Waals surface area (Å²) in [4.78, 5) is 26.5. The lowest BCUT2D eigenvalue weighted by Crippen LogP contribution is -2.23. The highest BCUT2D eigenvalue weighted by atomic mass is 16.4. The average Bonchev–Trinajstić information content (AvgIpc) is 2.88. The fraction of sp³-hybridized carbons (Fsp3) is 0.600. The SMILES string of the molecule is Cn1ncnc1NC(=O)[C@@H]1CC[C@H](C(=O)O)C1. The molecule has 2 rings (SSSR count). The van der Waals surface area contributed by atoms with Crippen LogP contribution < -0.4 is 5.32 Å². The van der Waals surface area contributed by atoms with Gasteiger partial charge in [-0.1, -0.05) is 0 Å². The van der Waals surface area contributed by atoms with Crippen LogP contribution in [0.25, 0.3) is 0 Å². The Bertz CT molecular complexity index is 443. The molecule has 0 radical (unpaired) electrons. The molecule has 1 aromatic rings. The number of nitrogens with zero attached hydrogens (tertiary/aromatic N) is 3. The lowest BCUT2D eigenvalue weighted by atomic mass is 10.0. The molecule has 1 saturated carbocycles. The van der Waals surface area contributed by atoms with Crippen molar-refractivity contribution in [3.8, 4) is 0 Å². The average molecular weight is 238 g/mol. The van der Waals surface area contributed by atoms with E-state index in [1.165, 1.54) is 11.0 Å². The molecule has 1 aromatic heterocycles. The fourth-order valence-electron chi connectivity index (χ4n) is 2.07. The number of aromatic nitrogens is 3. The van der Waals surface area contributed by atoms with Gasteiger partial charge in [0, 0.05) is 13.0 Å². The number of hydrogen-bond acceptors (Lipinski definition) is 4. The molecule has 1 aliphatic rings. The predicted molar refractivity (Wildman–Crippen MR) is 58.1 cm³/mol. The quantitative estimate of drug-likeness (QED) is 0.787. The normalized spacial score (nSPS) is 23.6. The summed E-state index contributed by atoms with van der Waals surface area (Å²) in [5.41, 5.74) is 0. The summed E-state index contributed by atoms with van der Waals surface area (Å²) in [6.45, 7) is 0. The molecule has 0 aromatic carbocycles. The van der Waals surface area contributed by atoms with E-state index in [9.17, 15) is 9.59 Å². The van der Waals surface area contributed by atoms with Gasteiger partial charge in [0.15, 0.2) is 0 Å². The predicted octanol–water partition coefficient (Wildman–Crippen LogP) is 0.254. The van der Waals surface area contributed by atoms with Crippen molar-refractivity contribution in [1.29, 1.82) is 0 Å². The Labute approximate surface area is 97.8 Å². The van der Waals surface area contributed by atoms with Crippen molar-refractivity contribution >= 4 is 17.8 Å². The van der Waals surface area contributed by atoms with Gasteiger partial charge in [0.2, 0.25) is 11.9 Å². The van der Waals surface area contributed by atoms with Gasteiger partial charge in [-0.3, -0.25) is 14.9 Å². The minimum absolute atomic E-state index is 0.176. The zero-order valence-corrected chi connectivity index (χ0v) is 9.46. The van der Waals surface area contributed by atoms with Crippen LogP contribution in [0, 0.1) is 11.8 Å². The summed E-state index contributed by atoms with van der Waals surface area (Å²) in [6, 6.07) is 0. The first-order chi connectivity index (χ1) is 8.08. The Kier molecular flexibility index (Phi) is 3.08. The Hall–Kier alpha value is -1.92. The fourth-order valence-corrected chi connectivity index (χ4v) is 2.07. The largest absolute Gasteiger partial charge is 0.481 e. The molecule has 1 heterocycles. The van der Waals surface area contributed by atoms with Gasteiger partial charge in [-0.25, -0.2) is 4.68 Å². The van der Waals surface area contributed by atoms with Gasteiger partial charge in [0.25, 0.3) is 0 Å². The molecule has 7 nitrogen and oxygen atoms in total. The van der Waals surface area contributed by atoms with Crippen LogP contribution in [0.15, 0.2) is 6.33 Å². The zero-order valence-electron chi connectivity index (χ0n) is 9.46. The second-order valence-corrected chi connectivity index (χ2v) is 4.24. The Morgan fingerprint density at radius 2 is 2.18 bits per heavy atom. The maximum atomic E-state index is 11.8. The van der Waals surface area contributed by atoms with Crippen LogP contribution in [0.1, 0.15) is 19.3 Å². The van der Waals surface area contributed by atoms with Gasteiger partial charge < -0.3 is 5.11 Å². The van der Waals surface area contributed by atoms with Crippen LogP contribution in [-0.4, -0.2) is 31.7 Å². The number of hydrogen-bond donors (Lipinski definition) is 2. The molecule has 7 heteroatoms. The number of rotatable bonds is 3. The number of carbonyl (C=O) groups is 2. The first-order valence-electron chi connectivity index (χ1n) is 5.45. The highest BCUT2D eigenvalue weighted by molar-refractivity contribution is 5.91. The number of nitrogens with one attached hydrogen (secondary N) is 1. The van der Waals surface area contributed by atoms with E-state index in [1.54, 1.807) is 7.05 Å². The molecule has 1 amide bonds. The number of carbonyl (C=O) groups excluding carboxylic acids is 1. The van der Waals surface area contributed by atoms with Crippen molar-refractivity contribution < 1.29 is 14.7 Å². The molecule has 1 aliphatic carbocycles. The number of carboxylic acids is 1. The minimum Gasteiger partial charge on any atom is -0.481 e. The third kappa shape index (κ3) is 2.43. The van der Waals surface area contributed by atoms with E-state index in [0.29, 0.717) is 25.2 Å². The van der Waals surface area contributed by atoms with E-state index in [4.69, 9.17) is 5.11 Å². The molecular weight excluding hydrogens is 224 g/mol. The summed E-state index contributed by atoms with van der Waals surface area (Å²) in [7, 11) is 1.68.